The summed E-state index contributed by atoms with van der Waals surface area (Å²) in [5.41, 5.74) is -3.69. The molecule has 0 aromatic heterocycles. The van der Waals surface area contributed by atoms with E-state index in [1.165, 1.54) is 12.2 Å². The lowest BCUT2D eigenvalue weighted by atomic mass is 9.46. The van der Waals surface area contributed by atoms with Gasteiger partial charge in [-0.1, -0.05) is 19.9 Å². The number of carbonyl (C=O) groups excluding carboxylic acids is 2. The van der Waals surface area contributed by atoms with Crippen LogP contribution < -0.4 is 0 Å². The molecule has 0 bridgehead atoms. The molecule has 1 aliphatic heterocycles. The molecule has 4 fully saturated rings. The molecule has 5 rings (SSSR count). The van der Waals surface area contributed by atoms with Crippen LogP contribution in [0, 0.1) is 28.6 Å². The molecule has 3 unspecified atom stereocenters. The Balaban J connectivity index is 1.54. The van der Waals surface area contributed by atoms with Gasteiger partial charge in [-0.3, -0.25) is 13.8 Å². The lowest BCUT2D eigenvalue weighted by molar-refractivity contribution is -0.165. The minimum atomic E-state index is -3.85. The van der Waals surface area contributed by atoms with Crippen molar-refractivity contribution in [3.05, 3.63) is 23.8 Å². The fourth-order valence-electron chi connectivity index (χ4n) is 7.84. The topological polar surface area (TPSA) is 110 Å². The quantitative estimate of drug-likeness (QED) is 0.496. The van der Waals surface area contributed by atoms with Gasteiger partial charge in [0.2, 0.25) is 0 Å². The highest BCUT2D eigenvalue weighted by atomic mass is 32.2. The number of alkyl halides is 1. The van der Waals surface area contributed by atoms with Crippen molar-refractivity contribution in [1.82, 2.24) is 0 Å². The van der Waals surface area contributed by atoms with Crippen LogP contribution in [-0.2, 0) is 28.6 Å². The predicted octanol–water partition coefficient (Wildman–Crippen LogP) is 1.90. The number of rotatable bonds is 4. The number of carbonyl (C=O) groups is 2. The number of ketones is 2. The van der Waals surface area contributed by atoms with E-state index < -0.39 is 56.6 Å². The summed E-state index contributed by atoms with van der Waals surface area (Å²) in [4.78, 5) is 25.1. The van der Waals surface area contributed by atoms with E-state index in [-0.39, 0.29) is 30.1 Å². The van der Waals surface area contributed by atoms with Gasteiger partial charge in [-0.15, -0.1) is 0 Å². The summed E-state index contributed by atoms with van der Waals surface area (Å²) in [5.74, 6) is -1.80. The van der Waals surface area contributed by atoms with E-state index in [0.29, 0.717) is 18.4 Å². The molecule has 176 valence electrons. The summed E-state index contributed by atoms with van der Waals surface area (Å²) in [6, 6.07) is 0. The Bertz CT molecular complexity index is 1080. The SMILES string of the molecule is CC1C[C@H]2[C@@H]3CC(F)C4=CC(=O)C=C[C@]4(C)[C@]34OC4C[C@]2(C)[C@@]1(O)C(=O)COS(C)(=O)=O. The number of hydrogen-bond donors (Lipinski definition) is 1. The Labute approximate surface area is 187 Å². The summed E-state index contributed by atoms with van der Waals surface area (Å²) < 4.78 is 49.3. The zero-order valence-electron chi connectivity index (χ0n) is 18.6. The smallest absolute Gasteiger partial charge is 0.264 e. The zero-order chi connectivity index (χ0) is 23.5. The van der Waals surface area contributed by atoms with Crippen molar-refractivity contribution in [2.45, 2.75) is 63.5 Å². The van der Waals surface area contributed by atoms with Gasteiger partial charge >= 0.3 is 0 Å². The van der Waals surface area contributed by atoms with Crippen LogP contribution in [0.4, 0.5) is 4.39 Å². The van der Waals surface area contributed by atoms with Gasteiger partial charge in [0.15, 0.2) is 11.6 Å². The van der Waals surface area contributed by atoms with Crippen LogP contribution in [0.5, 0.6) is 0 Å². The van der Waals surface area contributed by atoms with Crippen LogP contribution >= 0.6 is 0 Å². The van der Waals surface area contributed by atoms with Gasteiger partial charge < -0.3 is 9.84 Å². The number of allylic oxidation sites excluding steroid dienone is 2. The van der Waals surface area contributed by atoms with E-state index in [1.807, 2.05) is 13.8 Å². The molecule has 3 saturated carbocycles. The lowest BCUT2D eigenvalue weighted by Crippen LogP contribution is -2.63. The summed E-state index contributed by atoms with van der Waals surface area (Å²) in [6.45, 7) is 4.80. The molecule has 1 spiro atoms. The van der Waals surface area contributed by atoms with E-state index >= 15 is 4.39 Å². The fourth-order valence-corrected chi connectivity index (χ4v) is 8.16. The third-order valence-electron chi connectivity index (χ3n) is 9.33. The summed E-state index contributed by atoms with van der Waals surface area (Å²) in [5, 5.41) is 11.8. The molecule has 32 heavy (non-hydrogen) atoms. The average molecular weight is 469 g/mol. The van der Waals surface area contributed by atoms with Crippen molar-refractivity contribution in [3.63, 3.8) is 0 Å². The maximum atomic E-state index is 15.5. The summed E-state index contributed by atoms with van der Waals surface area (Å²) >= 11 is 0. The van der Waals surface area contributed by atoms with Crippen LogP contribution in [0.15, 0.2) is 23.8 Å². The third-order valence-corrected chi connectivity index (χ3v) is 9.88. The lowest BCUT2D eigenvalue weighted by Gasteiger charge is -2.56. The fraction of sp³-hybridized carbons (Fsp3) is 0.739. The van der Waals surface area contributed by atoms with Crippen LogP contribution in [0.25, 0.3) is 0 Å². The van der Waals surface area contributed by atoms with E-state index in [2.05, 4.69) is 0 Å². The summed E-state index contributed by atoms with van der Waals surface area (Å²) in [6.07, 6.45) is 4.92. The van der Waals surface area contributed by atoms with Crippen LogP contribution in [0.1, 0.15) is 40.0 Å². The van der Waals surface area contributed by atoms with Crippen molar-refractivity contribution in [2.24, 2.45) is 28.6 Å². The van der Waals surface area contributed by atoms with Gasteiger partial charge in [0, 0.05) is 10.8 Å². The molecule has 5 aliphatic rings. The molecule has 1 N–H and O–H groups in total. The van der Waals surface area contributed by atoms with E-state index in [9.17, 15) is 23.1 Å². The van der Waals surface area contributed by atoms with E-state index in [1.54, 1.807) is 13.0 Å². The number of epoxide rings is 1. The van der Waals surface area contributed by atoms with Gasteiger partial charge in [0.05, 0.1) is 12.4 Å². The van der Waals surface area contributed by atoms with Crippen molar-refractivity contribution < 1.29 is 36.4 Å². The Morgan fingerprint density at radius 2 is 2.00 bits per heavy atom. The van der Waals surface area contributed by atoms with Crippen molar-refractivity contribution in [3.8, 4) is 0 Å². The molecule has 0 aromatic rings. The number of Topliss-reactive ketones (excluding diaryl/α,β-unsaturated/α-hetero) is 1. The minimum absolute atomic E-state index is 0.163. The highest BCUT2D eigenvalue weighted by Gasteiger charge is 2.82. The average Bonchev–Trinajstić information content (AvgIpc) is 3.38. The highest BCUT2D eigenvalue weighted by molar-refractivity contribution is 7.86. The molecule has 9 atom stereocenters. The normalized spacial score (nSPS) is 51.2. The van der Waals surface area contributed by atoms with Crippen LogP contribution in [0.3, 0.4) is 0 Å². The molecule has 0 aromatic carbocycles. The van der Waals surface area contributed by atoms with Gasteiger partial charge in [-0.25, -0.2) is 4.39 Å². The van der Waals surface area contributed by atoms with Gasteiger partial charge in [-0.2, -0.15) is 8.42 Å². The molecule has 7 nitrogen and oxygen atoms in total. The molecular weight excluding hydrogens is 439 g/mol. The minimum Gasteiger partial charge on any atom is -0.381 e. The van der Waals surface area contributed by atoms with Gasteiger partial charge in [-0.05, 0) is 61.7 Å². The van der Waals surface area contributed by atoms with Crippen LogP contribution in [-0.4, -0.2) is 61.4 Å². The molecule has 0 radical (unpaired) electrons. The van der Waals surface area contributed by atoms with E-state index in [4.69, 9.17) is 8.92 Å². The van der Waals surface area contributed by atoms with Crippen LogP contribution in [0.2, 0.25) is 0 Å². The van der Waals surface area contributed by atoms with E-state index in [0.717, 1.165) is 6.26 Å². The van der Waals surface area contributed by atoms with Crippen molar-refractivity contribution >= 4 is 21.7 Å². The molecule has 9 heteroatoms. The largest absolute Gasteiger partial charge is 0.381 e. The first-order chi connectivity index (χ1) is 14.7. The maximum absolute atomic E-state index is 15.5. The molecular formula is C23H29FO7S. The van der Waals surface area contributed by atoms with Crippen molar-refractivity contribution in [1.29, 1.82) is 0 Å². The second-order valence-electron chi connectivity index (χ2n) is 10.8. The number of ether oxygens (including phenoxy) is 1. The first-order valence-electron chi connectivity index (χ1n) is 11.1. The maximum Gasteiger partial charge on any atom is 0.264 e. The third kappa shape index (κ3) is 2.54. The first kappa shape index (κ1) is 22.4. The second-order valence-corrected chi connectivity index (χ2v) is 12.4. The first-order valence-corrected chi connectivity index (χ1v) is 12.9. The monoisotopic (exact) mass is 468 g/mol. The standard InChI is InChI=1S/C23H29FO7S/c1-12-7-14-15-9-17(24)16-8-13(25)5-6-20(16,2)23(15)19(31-23)10-21(14,3)22(12,27)18(26)11-30-32(4,28)29/h5-6,8,12,14-15,17,19,27H,7,9-11H2,1-4H3/t12?,14-,15-,17?,19?,20-,21-,22-,23-/m0/s1. The number of fused-ring (bicyclic) bond motifs is 3. The number of hydrogen-bond acceptors (Lipinski definition) is 7. The zero-order valence-corrected chi connectivity index (χ0v) is 19.4. The Morgan fingerprint density at radius 3 is 2.66 bits per heavy atom. The van der Waals surface area contributed by atoms with Gasteiger partial charge in [0.25, 0.3) is 10.1 Å². The molecule has 1 saturated heterocycles. The predicted molar refractivity (Wildman–Crippen MR) is 112 cm³/mol. The van der Waals surface area contributed by atoms with Crippen molar-refractivity contribution in [2.75, 3.05) is 12.9 Å². The Hall–Kier alpha value is -1.42. The summed E-state index contributed by atoms with van der Waals surface area (Å²) in [7, 11) is -3.85. The second kappa shape index (κ2) is 6.37. The molecule has 0 amide bonds. The number of halogens is 1. The Kier molecular flexibility index (Phi) is 4.46. The van der Waals surface area contributed by atoms with Gasteiger partial charge in [0.1, 0.15) is 24.0 Å². The highest BCUT2D eigenvalue weighted by Crippen LogP contribution is 2.76. The number of aliphatic hydroxyl groups is 1. The molecule has 4 aliphatic carbocycles. The molecule has 1 heterocycles. The Morgan fingerprint density at radius 1 is 1.31 bits per heavy atom.